The summed E-state index contributed by atoms with van der Waals surface area (Å²) in [6, 6.07) is 12.5. The Morgan fingerprint density at radius 3 is 2.32 bits per heavy atom. The molecule has 0 N–H and O–H groups in total. The van der Waals surface area contributed by atoms with Gasteiger partial charge in [-0.2, -0.15) is 0 Å². The molecule has 9 nitrogen and oxygen atoms in total. The van der Waals surface area contributed by atoms with Crippen LogP contribution in [0, 0.1) is 5.82 Å². The Hall–Kier alpha value is -3.63. The zero-order valence-corrected chi connectivity index (χ0v) is 21.7. The Labute approximate surface area is 217 Å². The summed E-state index contributed by atoms with van der Waals surface area (Å²) in [6.07, 6.45) is 0. The summed E-state index contributed by atoms with van der Waals surface area (Å²) in [5.41, 5.74) is 0.966. The number of piperazine rings is 1. The van der Waals surface area contributed by atoms with Crippen LogP contribution in [0.5, 0.6) is 5.75 Å². The quantitative estimate of drug-likeness (QED) is 0.384. The normalized spacial score (nSPS) is 14.5. The number of fused-ring (bicyclic) bond motifs is 1. The van der Waals surface area contributed by atoms with Crippen molar-refractivity contribution in [2.24, 2.45) is 14.1 Å². The van der Waals surface area contributed by atoms with Crippen molar-refractivity contribution in [2.45, 2.75) is 13.1 Å². The van der Waals surface area contributed by atoms with Gasteiger partial charge >= 0.3 is 5.69 Å². The van der Waals surface area contributed by atoms with Crippen LogP contribution in [0.4, 0.5) is 10.1 Å². The van der Waals surface area contributed by atoms with Crippen LogP contribution in [0.2, 0.25) is 5.02 Å². The molecule has 194 valence electrons. The van der Waals surface area contributed by atoms with Crippen LogP contribution in [0.1, 0.15) is 11.4 Å². The van der Waals surface area contributed by atoms with Crippen molar-refractivity contribution >= 4 is 28.5 Å². The minimum Gasteiger partial charge on any atom is -0.497 e. The fraction of sp³-hybridized carbons (Fsp3) is 0.346. The number of hydrogen-bond acceptors (Lipinski definition) is 6. The summed E-state index contributed by atoms with van der Waals surface area (Å²) in [5.74, 6) is 0.928. The zero-order valence-electron chi connectivity index (χ0n) is 20.9. The molecule has 0 radical (unpaired) electrons. The van der Waals surface area contributed by atoms with Crippen LogP contribution in [-0.4, -0.2) is 56.9 Å². The molecule has 37 heavy (non-hydrogen) atoms. The molecule has 0 bridgehead atoms. The van der Waals surface area contributed by atoms with E-state index >= 15 is 0 Å². The number of aryl methyl sites for hydroxylation is 1. The Kier molecular flexibility index (Phi) is 6.78. The largest absolute Gasteiger partial charge is 0.497 e. The fourth-order valence-corrected chi connectivity index (χ4v) is 5.00. The van der Waals surface area contributed by atoms with Crippen molar-refractivity contribution in [2.75, 3.05) is 38.2 Å². The number of ether oxygens (including phenoxy) is 1. The average Bonchev–Trinajstić information content (AvgIpc) is 3.26. The van der Waals surface area contributed by atoms with E-state index in [2.05, 4.69) is 9.80 Å². The van der Waals surface area contributed by atoms with Gasteiger partial charge in [-0.3, -0.25) is 18.8 Å². The van der Waals surface area contributed by atoms with E-state index in [1.165, 1.54) is 17.7 Å². The Balaban J connectivity index is 1.47. The lowest BCUT2D eigenvalue weighted by Gasteiger charge is -2.36. The van der Waals surface area contributed by atoms with E-state index in [0.717, 1.165) is 42.2 Å². The topological polar surface area (TPSA) is 77.5 Å². The number of aromatic nitrogens is 4. The van der Waals surface area contributed by atoms with E-state index in [-0.39, 0.29) is 28.3 Å². The highest BCUT2D eigenvalue weighted by molar-refractivity contribution is 6.31. The maximum atomic E-state index is 14.7. The molecule has 5 rings (SSSR count). The van der Waals surface area contributed by atoms with Gasteiger partial charge in [-0.25, -0.2) is 14.2 Å². The molecule has 1 saturated heterocycles. The lowest BCUT2D eigenvalue weighted by atomic mass is 10.2. The summed E-state index contributed by atoms with van der Waals surface area (Å²) >= 11 is 6.33. The highest BCUT2D eigenvalue weighted by Gasteiger charge is 2.24. The lowest BCUT2D eigenvalue weighted by molar-refractivity contribution is 0.241. The minimum atomic E-state index is -0.478. The maximum Gasteiger partial charge on any atom is 0.332 e. The second kappa shape index (κ2) is 10.0. The smallest absolute Gasteiger partial charge is 0.332 e. The van der Waals surface area contributed by atoms with Gasteiger partial charge in [0.15, 0.2) is 11.2 Å². The molecule has 3 heterocycles. The van der Waals surface area contributed by atoms with Crippen molar-refractivity contribution in [1.82, 2.24) is 23.6 Å². The van der Waals surface area contributed by atoms with E-state index < -0.39 is 17.1 Å². The first-order valence-electron chi connectivity index (χ1n) is 12.0. The van der Waals surface area contributed by atoms with Crippen molar-refractivity contribution in [3.63, 3.8) is 0 Å². The molecule has 0 atom stereocenters. The van der Waals surface area contributed by atoms with Gasteiger partial charge < -0.3 is 14.2 Å². The standard InChI is InChI=1S/C26H28ClFN6O3/c1-30-24-23(25(35)31(2)26(30)36)34(15-19-20(27)5-4-6-21(19)28)22(29-24)16-32-11-13-33(14-12-32)17-7-9-18(37-3)10-8-17/h4-10H,11-16H2,1-3H3. The lowest BCUT2D eigenvalue weighted by Crippen LogP contribution is -2.46. The first-order valence-corrected chi connectivity index (χ1v) is 12.4. The van der Waals surface area contributed by atoms with Crippen molar-refractivity contribution in [1.29, 1.82) is 0 Å². The minimum absolute atomic E-state index is 0.0244. The molecule has 1 aliphatic rings. The molecule has 4 aromatic rings. The van der Waals surface area contributed by atoms with E-state index in [9.17, 15) is 14.0 Å². The number of rotatable bonds is 6. The number of imidazole rings is 1. The Bertz CT molecular complexity index is 1550. The number of halogens is 2. The van der Waals surface area contributed by atoms with Crippen LogP contribution in [0.3, 0.4) is 0 Å². The van der Waals surface area contributed by atoms with E-state index in [1.807, 2.05) is 24.3 Å². The van der Waals surface area contributed by atoms with Gasteiger partial charge in [0.25, 0.3) is 5.56 Å². The van der Waals surface area contributed by atoms with Crippen molar-refractivity contribution in [3.8, 4) is 5.75 Å². The molecule has 2 aromatic carbocycles. The number of nitrogens with zero attached hydrogens (tertiary/aromatic N) is 6. The summed E-state index contributed by atoms with van der Waals surface area (Å²) in [5, 5.41) is 0.266. The van der Waals surface area contributed by atoms with Crippen LogP contribution in [-0.2, 0) is 27.2 Å². The number of methoxy groups -OCH3 is 1. The maximum absolute atomic E-state index is 14.7. The van der Waals surface area contributed by atoms with Gasteiger partial charge in [0, 0.05) is 56.5 Å². The molecule has 0 saturated carbocycles. The molecule has 2 aromatic heterocycles. The SMILES string of the molecule is COc1ccc(N2CCN(Cc3nc4c(c(=O)n(C)c(=O)n4C)n3Cc3c(F)cccc3Cl)CC2)cc1. The molecule has 0 amide bonds. The molecule has 1 fully saturated rings. The molecular weight excluding hydrogens is 499 g/mol. The van der Waals surface area contributed by atoms with Crippen LogP contribution < -0.4 is 20.9 Å². The molecule has 0 spiro atoms. The van der Waals surface area contributed by atoms with Crippen molar-refractivity contribution in [3.05, 3.63) is 85.5 Å². The molecular formula is C26H28ClFN6O3. The highest BCUT2D eigenvalue weighted by atomic mass is 35.5. The Morgan fingerprint density at radius 1 is 0.973 bits per heavy atom. The summed E-state index contributed by atoms with van der Waals surface area (Å²) in [6.45, 7) is 3.63. The van der Waals surface area contributed by atoms with Crippen LogP contribution >= 0.6 is 11.6 Å². The average molecular weight is 527 g/mol. The van der Waals surface area contributed by atoms with Crippen LogP contribution in [0.15, 0.2) is 52.1 Å². The van der Waals surface area contributed by atoms with Gasteiger partial charge in [-0.05, 0) is 36.4 Å². The molecule has 1 aliphatic heterocycles. The first kappa shape index (κ1) is 25.0. The summed E-state index contributed by atoms with van der Waals surface area (Å²) in [4.78, 5) is 35.0. The summed E-state index contributed by atoms with van der Waals surface area (Å²) < 4.78 is 24.1. The second-order valence-electron chi connectivity index (χ2n) is 9.15. The predicted molar refractivity (Wildman–Crippen MR) is 141 cm³/mol. The van der Waals surface area contributed by atoms with Gasteiger partial charge in [0.05, 0.1) is 20.2 Å². The van der Waals surface area contributed by atoms with E-state index in [4.69, 9.17) is 21.3 Å². The monoisotopic (exact) mass is 526 g/mol. The third-order valence-electron chi connectivity index (χ3n) is 6.98. The van der Waals surface area contributed by atoms with Gasteiger partial charge in [0.1, 0.15) is 17.4 Å². The molecule has 11 heteroatoms. The number of hydrogen-bond donors (Lipinski definition) is 0. The van der Waals surface area contributed by atoms with E-state index in [0.29, 0.717) is 12.4 Å². The number of benzene rings is 2. The van der Waals surface area contributed by atoms with Gasteiger partial charge in [0.2, 0.25) is 0 Å². The summed E-state index contributed by atoms with van der Waals surface area (Å²) in [7, 11) is 4.65. The highest BCUT2D eigenvalue weighted by Crippen LogP contribution is 2.24. The zero-order chi connectivity index (χ0) is 26.3. The molecule has 0 aliphatic carbocycles. The van der Waals surface area contributed by atoms with Crippen molar-refractivity contribution < 1.29 is 9.13 Å². The Morgan fingerprint density at radius 2 is 1.68 bits per heavy atom. The van der Waals surface area contributed by atoms with E-state index in [1.54, 1.807) is 30.9 Å². The van der Waals surface area contributed by atoms with Gasteiger partial charge in [-0.1, -0.05) is 17.7 Å². The van der Waals surface area contributed by atoms with Crippen LogP contribution in [0.25, 0.3) is 11.2 Å². The van der Waals surface area contributed by atoms with Gasteiger partial charge in [-0.15, -0.1) is 0 Å². The second-order valence-corrected chi connectivity index (χ2v) is 9.56. The molecule has 0 unspecified atom stereocenters. The predicted octanol–water partition coefficient (Wildman–Crippen LogP) is 2.61. The number of anilines is 1. The third kappa shape index (κ3) is 4.62. The first-order chi connectivity index (χ1) is 17.8. The fourth-order valence-electron chi connectivity index (χ4n) is 4.78. The third-order valence-corrected chi connectivity index (χ3v) is 7.33.